The molecule has 0 saturated carbocycles. The largest absolute Gasteiger partial charge is 0.416 e. The average Bonchev–Trinajstić information content (AvgIpc) is 3.07. The summed E-state index contributed by atoms with van der Waals surface area (Å²) in [6.45, 7) is 2.01. The molecule has 0 aliphatic rings. The summed E-state index contributed by atoms with van der Waals surface area (Å²) >= 11 is 0. The Morgan fingerprint density at radius 1 is 1.24 bits per heavy atom. The molecule has 5 nitrogen and oxygen atoms in total. The molecule has 0 fully saturated rings. The molecule has 0 amide bonds. The number of aryl methyl sites for hydroxylation is 1. The van der Waals surface area contributed by atoms with Crippen molar-refractivity contribution in [2.75, 3.05) is 11.9 Å². The van der Waals surface area contributed by atoms with E-state index in [9.17, 15) is 18.3 Å². The van der Waals surface area contributed by atoms with Gasteiger partial charge in [0.1, 0.15) is 5.82 Å². The van der Waals surface area contributed by atoms with Crippen molar-refractivity contribution in [3.05, 3.63) is 59.4 Å². The summed E-state index contributed by atoms with van der Waals surface area (Å²) in [7, 11) is 0. The number of rotatable bonds is 5. The molecule has 0 bridgehead atoms. The first-order valence-corrected chi connectivity index (χ1v) is 7.81. The molecular weight excluding hydrogens is 333 g/mol. The molecule has 3 aromatic rings. The Labute approximate surface area is 142 Å². The fourth-order valence-electron chi connectivity index (χ4n) is 2.51. The van der Waals surface area contributed by atoms with Crippen LogP contribution in [-0.4, -0.2) is 26.2 Å². The van der Waals surface area contributed by atoms with Crippen molar-refractivity contribution in [1.29, 1.82) is 0 Å². The first-order valence-electron chi connectivity index (χ1n) is 7.81. The number of nitrogens with zero attached hydrogens (tertiary/aromatic N) is 3. The van der Waals surface area contributed by atoms with Gasteiger partial charge in [-0.1, -0.05) is 19.1 Å². The van der Waals surface area contributed by atoms with Crippen LogP contribution in [0.15, 0.2) is 42.6 Å². The lowest BCUT2D eigenvalue weighted by atomic mass is 10.1. The average molecular weight is 350 g/mol. The predicted octanol–water partition coefficient (Wildman–Crippen LogP) is 3.46. The number of halogens is 3. The summed E-state index contributed by atoms with van der Waals surface area (Å²) in [4.78, 5) is 4.41. The molecule has 8 heteroatoms. The van der Waals surface area contributed by atoms with Gasteiger partial charge in [-0.2, -0.15) is 22.8 Å². The van der Waals surface area contributed by atoms with Crippen LogP contribution in [0.4, 0.5) is 19.0 Å². The molecule has 2 heterocycles. The van der Waals surface area contributed by atoms with E-state index < -0.39 is 17.8 Å². The van der Waals surface area contributed by atoms with Crippen molar-refractivity contribution in [2.45, 2.75) is 25.6 Å². The van der Waals surface area contributed by atoms with Crippen LogP contribution in [0, 0.1) is 0 Å². The molecule has 0 aliphatic heterocycles. The van der Waals surface area contributed by atoms with E-state index in [-0.39, 0.29) is 12.1 Å². The Bertz CT molecular complexity index is 876. The number of aromatic nitrogens is 3. The standard InChI is InChI=1S/C17H17F3N4O/c1-2-13-9-16(24-15(23-13)6-7-22-24)21-10-14(25)11-4-3-5-12(8-11)17(18,19)20/h3-9,14,21,25H,2,10H2,1H3/t14-/m1/s1. The first kappa shape index (κ1) is 17.2. The number of aliphatic hydroxyl groups is 1. The Morgan fingerprint density at radius 2 is 2.04 bits per heavy atom. The van der Waals surface area contributed by atoms with Gasteiger partial charge in [-0.25, -0.2) is 4.98 Å². The minimum absolute atomic E-state index is 0.0451. The SMILES string of the molecule is CCc1cc(NC[C@@H](O)c2cccc(C(F)(F)F)c2)n2nccc2n1. The summed E-state index contributed by atoms with van der Waals surface area (Å²) in [6, 6.07) is 8.25. The lowest BCUT2D eigenvalue weighted by Crippen LogP contribution is -2.16. The van der Waals surface area contributed by atoms with E-state index in [1.54, 1.807) is 22.8 Å². The molecule has 0 saturated heterocycles. The van der Waals surface area contributed by atoms with Gasteiger partial charge in [-0.15, -0.1) is 0 Å². The molecule has 2 N–H and O–H groups in total. The summed E-state index contributed by atoms with van der Waals surface area (Å²) in [5.41, 5.74) is 0.930. The maximum Gasteiger partial charge on any atom is 0.416 e. The number of anilines is 1. The first-order chi connectivity index (χ1) is 11.9. The van der Waals surface area contributed by atoms with Crippen LogP contribution in [-0.2, 0) is 12.6 Å². The van der Waals surface area contributed by atoms with E-state index >= 15 is 0 Å². The summed E-state index contributed by atoms with van der Waals surface area (Å²) < 4.78 is 39.9. The molecule has 0 spiro atoms. The van der Waals surface area contributed by atoms with Gasteiger partial charge >= 0.3 is 6.18 Å². The lowest BCUT2D eigenvalue weighted by molar-refractivity contribution is -0.137. The maximum absolute atomic E-state index is 12.8. The zero-order valence-electron chi connectivity index (χ0n) is 13.5. The molecule has 132 valence electrons. The van der Waals surface area contributed by atoms with E-state index in [1.807, 2.05) is 6.92 Å². The topological polar surface area (TPSA) is 62.5 Å². The van der Waals surface area contributed by atoms with Crippen LogP contribution >= 0.6 is 0 Å². The van der Waals surface area contributed by atoms with Crippen LogP contribution in [0.25, 0.3) is 5.65 Å². The van der Waals surface area contributed by atoms with Crippen molar-refractivity contribution in [2.24, 2.45) is 0 Å². The van der Waals surface area contributed by atoms with Gasteiger partial charge in [-0.3, -0.25) is 0 Å². The number of alkyl halides is 3. The fourth-order valence-corrected chi connectivity index (χ4v) is 2.51. The zero-order chi connectivity index (χ0) is 18.0. The highest BCUT2D eigenvalue weighted by Crippen LogP contribution is 2.30. The van der Waals surface area contributed by atoms with Crippen molar-refractivity contribution >= 4 is 11.5 Å². The van der Waals surface area contributed by atoms with Gasteiger partial charge in [0, 0.05) is 24.4 Å². The molecule has 0 aliphatic carbocycles. The second-order valence-corrected chi connectivity index (χ2v) is 5.61. The molecule has 1 atom stereocenters. The normalized spacial score (nSPS) is 13.2. The highest BCUT2D eigenvalue weighted by molar-refractivity contribution is 5.49. The van der Waals surface area contributed by atoms with Crippen LogP contribution < -0.4 is 5.32 Å². The van der Waals surface area contributed by atoms with Gasteiger partial charge in [-0.05, 0) is 24.1 Å². The highest BCUT2D eigenvalue weighted by Gasteiger charge is 2.30. The Kier molecular flexibility index (Phi) is 4.63. The third-order valence-corrected chi connectivity index (χ3v) is 3.85. The van der Waals surface area contributed by atoms with Crippen molar-refractivity contribution in [3.63, 3.8) is 0 Å². The molecule has 0 radical (unpaired) electrons. The van der Waals surface area contributed by atoms with Crippen LogP contribution in [0.3, 0.4) is 0 Å². The van der Waals surface area contributed by atoms with E-state index in [2.05, 4.69) is 15.4 Å². The summed E-state index contributed by atoms with van der Waals surface area (Å²) in [6.07, 6.45) is -3.19. The lowest BCUT2D eigenvalue weighted by Gasteiger charge is -2.16. The second kappa shape index (κ2) is 6.72. The van der Waals surface area contributed by atoms with Gasteiger partial charge < -0.3 is 10.4 Å². The van der Waals surface area contributed by atoms with Crippen LogP contribution in [0.2, 0.25) is 0 Å². The molecule has 3 rings (SSSR count). The number of hydrogen-bond acceptors (Lipinski definition) is 4. The minimum Gasteiger partial charge on any atom is -0.387 e. The summed E-state index contributed by atoms with van der Waals surface area (Å²) in [5.74, 6) is 0.623. The van der Waals surface area contributed by atoms with Gasteiger partial charge in [0.2, 0.25) is 0 Å². The fraction of sp³-hybridized carbons (Fsp3) is 0.294. The quantitative estimate of drug-likeness (QED) is 0.740. The monoisotopic (exact) mass is 350 g/mol. The van der Waals surface area contributed by atoms with Gasteiger partial charge in [0.15, 0.2) is 5.65 Å². The number of nitrogens with one attached hydrogen (secondary N) is 1. The van der Waals surface area contributed by atoms with Crippen molar-refractivity contribution in [3.8, 4) is 0 Å². The number of hydrogen-bond donors (Lipinski definition) is 2. The number of benzene rings is 1. The van der Waals surface area contributed by atoms with Gasteiger partial charge in [0.05, 0.1) is 17.9 Å². The maximum atomic E-state index is 12.8. The molecule has 25 heavy (non-hydrogen) atoms. The van der Waals surface area contributed by atoms with Crippen LogP contribution in [0.1, 0.15) is 29.8 Å². The number of fused-ring (bicyclic) bond motifs is 1. The van der Waals surface area contributed by atoms with Crippen LogP contribution in [0.5, 0.6) is 0 Å². The highest BCUT2D eigenvalue weighted by atomic mass is 19.4. The third kappa shape index (κ3) is 3.74. The second-order valence-electron chi connectivity index (χ2n) is 5.61. The molecule has 2 aromatic heterocycles. The predicted molar refractivity (Wildman–Crippen MR) is 87.3 cm³/mol. The Hall–Kier alpha value is -2.61. The van der Waals surface area contributed by atoms with E-state index in [0.717, 1.165) is 24.2 Å². The smallest absolute Gasteiger partial charge is 0.387 e. The minimum atomic E-state index is -4.44. The molecular formula is C17H17F3N4O. The van der Waals surface area contributed by atoms with Crippen molar-refractivity contribution in [1.82, 2.24) is 14.6 Å². The van der Waals surface area contributed by atoms with E-state index in [0.29, 0.717) is 11.5 Å². The van der Waals surface area contributed by atoms with E-state index in [4.69, 9.17) is 0 Å². The Balaban J connectivity index is 1.79. The third-order valence-electron chi connectivity index (χ3n) is 3.85. The van der Waals surface area contributed by atoms with Crippen molar-refractivity contribution < 1.29 is 18.3 Å². The zero-order valence-corrected chi connectivity index (χ0v) is 13.5. The van der Waals surface area contributed by atoms with E-state index in [1.165, 1.54) is 12.1 Å². The molecule has 0 unspecified atom stereocenters. The number of aliphatic hydroxyl groups excluding tert-OH is 1. The van der Waals surface area contributed by atoms with Gasteiger partial charge in [0.25, 0.3) is 0 Å². The molecule has 1 aromatic carbocycles. The summed E-state index contributed by atoms with van der Waals surface area (Å²) in [5, 5.41) is 17.4. The Morgan fingerprint density at radius 3 is 2.76 bits per heavy atom.